The molecule has 1 aromatic carbocycles. The molecule has 1 aromatic rings. The Kier molecular flexibility index (Phi) is 4.64. The summed E-state index contributed by atoms with van der Waals surface area (Å²) in [6.45, 7) is 5.28. The van der Waals surface area contributed by atoms with Gasteiger partial charge in [-0.2, -0.15) is 0 Å². The number of rotatable bonds is 4. The molecule has 0 spiro atoms. The maximum Gasteiger partial charge on any atom is 0.309 e. The van der Waals surface area contributed by atoms with Gasteiger partial charge in [-0.05, 0) is 20.8 Å². The summed E-state index contributed by atoms with van der Waals surface area (Å²) in [5, 5.41) is 0. The van der Waals surface area contributed by atoms with E-state index in [9.17, 15) is 13.6 Å². The third-order valence-electron chi connectivity index (χ3n) is 1.83. The predicted molar refractivity (Wildman–Crippen MR) is 62.3 cm³/mol. The van der Waals surface area contributed by atoms with Crippen molar-refractivity contribution in [1.29, 1.82) is 0 Å². The zero-order valence-electron chi connectivity index (χ0n) is 10.6. The average molecular weight is 258 g/mol. The van der Waals surface area contributed by atoms with E-state index < -0.39 is 23.2 Å². The Morgan fingerprint density at radius 1 is 1.17 bits per heavy atom. The van der Waals surface area contributed by atoms with Crippen molar-refractivity contribution < 1.29 is 23.0 Å². The molecule has 5 heteroatoms. The number of hydrogen-bond acceptors (Lipinski definition) is 3. The Morgan fingerprint density at radius 3 is 2.22 bits per heavy atom. The summed E-state index contributed by atoms with van der Waals surface area (Å²) in [5.41, 5.74) is -0.554. The van der Waals surface area contributed by atoms with E-state index in [1.807, 2.05) is 0 Å². The van der Waals surface area contributed by atoms with Gasteiger partial charge in [0.25, 0.3) is 0 Å². The van der Waals surface area contributed by atoms with Gasteiger partial charge < -0.3 is 9.47 Å². The van der Waals surface area contributed by atoms with Gasteiger partial charge >= 0.3 is 5.97 Å². The molecule has 0 aliphatic rings. The molecular weight excluding hydrogens is 242 g/mol. The lowest BCUT2D eigenvalue weighted by molar-refractivity contribution is -0.155. The first-order chi connectivity index (χ1) is 8.26. The number of hydrogen-bond donors (Lipinski definition) is 0. The third kappa shape index (κ3) is 5.61. The molecule has 3 nitrogen and oxygen atoms in total. The van der Waals surface area contributed by atoms with E-state index in [0.717, 1.165) is 18.2 Å². The largest absolute Gasteiger partial charge is 0.493 e. The van der Waals surface area contributed by atoms with Crippen molar-refractivity contribution in [3.05, 3.63) is 29.8 Å². The fourth-order valence-corrected chi connectivity index (χ4v) is 1.26. The van der Waals surface area contributed by atoms with Crippen LogP contribution in [0, 0.1) is 11.6 Å². The number of ether oxygens (including phenoxy) is 2. The van der Waals surface area contributed by atoms with Gasteiger partial charge in [-0.25, -0.2) is 8.78 Å². The van der Waals surface area contributed by atoms with E-state index >= 15 is 0 Å². The molecule has 1 rings (SSSR count). The van der Waals surface area contributed by atoms with Gasteiger partial charge in [-0.1, -0.05) is 0 Å². The summed E-state index contributed by atoms with van der Waals surface area (Å²) in [5.74, 6) is -1.81. The van der Waals surface area contributed by atoms with Gasteiger partial charge in [0.1, 0.15) is 23.0 Å². The minimum Gasteiger partial charge on any atom is -0.493 e. The molecule has 0 bridgehead atoms. The van der Waals surface area contributed by atoms with Crippen LogP contribution < -0.4 is 4.74 Å². The Morgan fingerprint density at radius 2 is 1.72 bits per heavy atom. The first-order valence-corrected chi connectivity index (χ1v) is 5.57. The molecule has 0 unspecified atom stereocenters. The van der Waals surface area contributed by atoms with Crippen LogP contribution >= 0.6 is 0 Å². The molecule has 0 aliphatic carbocycles. The van der Waals surface area contributed by atoms with Crippen LogP contribution in [0.1, 0.15) is 27.2 Å². The Hall–Kier alpha value is -1.65. The van der Waals surface area contributed by atoms with Crippen LogP contribution in [-0.2, 0) is 9.53 Å². The molecule has 0 aliphatic heterocycles. The van der Waals surface area contributed by atoms with Crippen molar-refractivity contribution in [2.45, 2.75) is 32.8 Å². The lowest BCUT2D eigenvalue weighted by Crippen LogP contribution is -2.24. The van der Waals surface area contributed by atoms with Crippen LogP contribution in [0.3, 0.4) is 0 Å². The van der Waals surface area contributed by atoms with Crippen molar-refractivity contribution in [3.8, 4) is 5.75 Å². The highest BCUT2D eigenvalue weighted by Gasteiger charge is 2.16. The number of esters is 1. The maximum absolute atomic E-state index is 12.8. The highest BCUT2D eigenvalue weighted by molar-refractivity contribution is 5.69. The minimum atomic E-state index is -0.720. The molecule has 0 atom stereocenters. The molecule has 0 amide bonds. The summed E-state index contributed by atoms with van der Waals surface area (Å²) in [7, 11) is 0. The van der Waals surface area contributed by atoms with Gasteiger partial charge in [-0.3, -0.25) is 4.79 Å². The van der Waals surface area contributed by atoms with Crippen molar-refractivity contribution in [2.24, 2.45) is 0 Å². The monoisotopic (exact) mass is 258 g/mol. The average Bonchev–Trinajstić information content (AvgIpc) is 2.12. The molecule has 0 fully saturated rings. The van der Waals surface area contributed by atoms with E-state index in [0.29, 0.717) is 0 Å². The minimum absolute atomic E-state index is 0.0117. The van der Waals surface area contributed by atoms with E-state index in [-0.39, 0.29) is 18.8 Å². The zero-order valence-corrected chi connectivity index (χ0v) is 10.6. The molecule has 0 saturated carbocycles. The molecule has 100 valence electrons. The molecule has 18 heavy (non-hydrogen) atoms. The lowest BCUT2D eigenvalue weighted by atomic mass is 10.2. The van der Waals surface area contributed by atoms with Crippen molar-refractivity contribution in [3.63, 3.8) is 0 Å². The molecule has 0 radical (unpaired) electrons. The number of carbonyl (C=O) groups excluding carboxylic acids is 1. The molecule has 0 heterocycles. The maximum atomic E-state index is 12.8. The first-order valence-electron chi connectivity index (χ1n) is 5.57. The fraction of sp³-hybridized carbons (Fsp3) is 0.462. The van der Waals surface area contributed by atoms with Crippen molar-refractivity contribution in [1.82, 2.24) is 0 Å². The Balaban J connectivity index is 2.40. The molecule has 0 aromatic heterocycles. The summed E-state index contributed by atoms with van der Waals surface area (Å²) in [6, 6.07) is 2.86. The van der Waals surface area contributed by atoms with Crippen LogP contribution in [0.5, 0.6) is 5.75 Å². The Labute approximate surface area is 105 Å². The van der Waals surface area contributed by atoms with E-state index in [1.54, 1.807) is 20.8 Å². The first kappa shape index (κ1) is 14.4. The van der Waals surface area contributed by atoms with Gasteiger partial charge in [0, 0.05) is 18.2 Å². The predicted octanol–water partition coefficient (Wildman–Crippen LogP) is 3.08. The zero-order chi connectivity index (χ0) is 13.8. The number of halogens is 2. The SMILES string of the molecule is CC(C)(C)OC(=O)CCOc1cc(F)cc(F)c1. The topological polar surface area (TPSA) is 35.5 Å². The second-order valence-electron chi connectivity index (χ2n) is 4.79. The summed E-state index contributed by atoms with van der Waals surface area (Å²) in [6.07, 6.45) is 0.0232. The Bertz CT molecular complexity index is 404. The second kappa shape index (κ2) is 5.80. The van der Waals surface area contributed by atoms with Crippen LogP contribution in [0.25, 0.3) is 0 Å². The second-order valence-corrected chi connectivity index (χ2v) is 4.79. The van der Waals surface area contributed by atoms with Crippen LogP contribution in [0.4, 0.5) is 8.78 Å². The highest BCUT2D eigenvalue weighted by Crippen LogP contribution is 2.15. The summed E-state index contributed by atoms with van der Waals surface area (Å²) in [4.78, 5) is 11.3. The van der Waals surface area contributed by atoms with Crippen molar-refractivity contribution >= 4 is 5.97 Å². The van der Waals surface area contributed by atoms with E-state index in [4.69, 9.17) is 9.47 Å². The van der Waals surface area contributed by atoms with Gasteiger partial charge in [-0.15, -0.1) is 0 Å². The number of carbonyl (C=O) groups is 1. The fourth-order valence-electron chi connectivity index (χ4n) is 1.26. The van der Waals surface area contributed by atoms with E-state index in [2.05, 4.69) is 0 Å². The van der Waals surface area contributed by atoms with Crippen LogP contribution in [0.2, 0.25) is 0 Å². The summed E-state index contributed by atoms with van der Waals surface area (Å²) < 4.78 is 35.8. The van der Waals surface area contributed by atoms with Crippen LogP contribution in [-0.4, -0.2) is 18.2 Å². The van der Waals surface area contributed by atoms with Crippen LogP contribution in [0.15, 0.2) is 18.2 Å². The van der Waals surface area contributed by atoms with Gasteiger partial charge in [0.15, 0.2) is 0 Å². The van der Waals surface area contributed by atoms with Gasteiger partial charge in [0.05, 0.1) is 13.0 Å². The summed E-state index contributed by atoms with van der Waals surface area (Å²) >= 11 is 0. The van der Waals surface area contributed by atoms with Gasteiger partial charge in [0.2, 0.25) is 0 Å². The quantitative estimate of drug-likeness (QED) is 0.778. The third-order valence-corrected chi connectivity index (χ3v) is 1.83. The lowest BCUT2D eigenvalue weighted by Gasteiger charge is -2.19. The smallest absolute Gasteiger partial charge is 0.309 e. The molecule has 0 saturated heterocycles. The molecular formula is C13H16F2O3. The number of benzene rings is 1. The highest BCUT2D eigenvalue weighted by atomic mass is 19.1. The molecule has 0 N–H and O–H groups in total. The normalized spacial score (nSPS) is 11.2. The van der Waals surface area contributed by atoms with E-state index in [1.165, 1.54) is 0 Å². The van der Waals surface area contributed by atoms with Crippen molar-refractivity contribution in [2.75, 3.05) is 6.61 Å². The standard InChI is InChI=1S/C13H16F2O3/c1-13(2,3)18-12(16)4-5-17-11-7-9(14)6-10(15)8-11/h6-8H,4-5H2,1-3H3.